The van der Waals surface area contributed by atoms with Gasteiger partial charge >= 0.3 is 0 Å². The van der Waals surface area contributed by atoms with Crippen LogP contribution in [-0.4, -0.2) is 43.8 Å². The fourth-order valence-corrected chi connectivity index (χ4v) is 3.09. The number of benzene rings is 2. The van der Waals surface area contributed by atoms with Crippen LogP contribution >= 0.6 is 11.8 Å². The normalized spacial score (nSPS) is 10.5. The van der Waals surface area contributed by atoms with Gasteiger partial charge in [-0.1, -0.05) is 5.16 Å². The van der Waals surface area contributed by atoms with Gasteiger partial charge in [-0.3, -0.25) is 0 Å². The molecule has 0 aliphatic carbocycles. The third-order valence-corrected chi connectivity index (χ3v) is 4.81. The molecule has 1 aromatic heterocycles. The molecule has 0 fully saturated rings. The Bertz CT molecular complexity index is 883. The lowest BCUT2D eigenvalue weighted by atomic mass is 10.2. The number of ether oxygens (including phenoxy) is 4. The van der Waals surface area contributed by atoms with Gasteiger partial charge in [-0.05, 0) is 36.4 Å². The number of hydrogen-bond donors (Lipinski definition) is 0. The maximum absolute atomic E-state index is 5.70. The van der Waals surface area contributed by atoms with Crippen molar-refractivity contribution in [2.24, 2.45) is 0 Å². The molecule has 0 aliphatic rings. The van der Waals surface area contributed by atoms with Crippen molar-refractivity contribution in [2.75, 3.05) is 33.7 Å². The van der Waals surface area contributed by atoms with Crippen molar-refractivity contribution < 1.29 is 23.5 Å². The van der Waals surface area contributed by atoms with Crippen molar-refractivity contribution in [1.29, 1.82) is 0 Å². The molecule has 2 aromatic carbocycles. The van der Waals surface area contributed by atoms with Crippen molar-refractivity contribution >= 4 is 11.8 Å². The molecule has 0 atom stereocenters. The topological polar surface area (TPSA) is 75.8 Å². The minimum absolute atomic E-state index is 0.490. The van der Waals surface area contributed by atoms with Gasteiger partial charge in [-0.2, -0.15) is 4.98 Å². The maximum Gasteiger partial charge on any atom is 0.236 e. The van der Waals surface area contributed by atoms with E-state index < -0.39 is 0 Å². The van der Waals surface area contributed by atoms with E-state index in [0.717, 1.165) is 22.8 Å². The molecule has 0 bridgehead atoms. The second-order valence-corrected chi connectivity index (χ2v) is 6.76. The minimum Gasteiger partial charge on any atom is -0.497 e. The maximum atomic E-state index is 5.70. The highest BCUT2D eigenvalue weighted by Gasteiger charge is 2.14. The van der Waals surface area contributed by atoms with Crippen molar-refractivity contribution in [2.45, 2.75) is 5.75 Å². The van der Waals surface area contributed by atoms with E-state index in [1.54, 1.807) is 39.2 Å². The summed E-state index contributed by atoms with van der Waals surface area (Å²) < 4.78 is 26.8. The van der Waals surface area contributed by atoms with Gasteiger partial charge in [0.15, 0.2) is 0 Å². The van der Waals surface area contributed by atoms with Crippen molar-refractivity contribution in [3.8, 4) is 34.4 Å². The Kier molecular flexibility index (Phi) is 7.02. The van der Waals surface area contributed by atoms with Crippen LogP contribution in [0.3, 0.4) is 0 Å². The number of methoxy groups -OCH3 is 3. The van der Waals surface area contributed by atoms with E-state index >= 15 is 0 Å². The van der Waals surface area contributed by atoms with Gasteiger partial charge in [0.05, 0.1) is 39.3 Å². The standard InChI is InChI=1S/C20H22N2O5S/c1-23-14-4-6-15(7-5-14)26-10-11-28-13-19-21-20(22-27-19)17-9-8-16(24-2)12-18(17)25-3/h4-9,12H,10-11,13H2,1-3H3. The highest BCUT2D eigenvalue weighted by molar-refractivity contribution is 7.98. The van der Waals surface area contributed by atoms with E-state index in [-0.39, 0.29) is 0 Å². The van der Waals surface area contributed by atoms with Gasteiger partial charge in [-0.15, -0.1) is 11.8 Å². The fourth-order valence-electron chi connectivity index (χ4n) is 2.46. The molecule has 0 amide bonds. The molecule has 0 radical (unpaired) electrons. The predicted molar refractivity (Wildman–Crippen MR) is 107 cm³/mol. The molecule has 0 aliphatic heterocycles. The van der Waals surface area contributed by atoms with E-state index in [1.165, 1.54) is 0 Å². The number of hydrogen-bond acceptors (Lipinski definition) is 8. The molecule has 8 heteroatoms. The van der Waals surface area contributed by atoms with Gasteiger partial charge in [-0.25, -0.2) is 0 Å². The van der Waals surface area contributed by atoms with Crippen LogP contribution in [0, 0.1) is 0 Å². The summed E-state index contributed by atoms with van der Waals surface area (Å²) in [5.74, 6) is 5.42. The summed E-state index contributed by atoms with van der Waals surface area (Å²) in [6.07, 6.45) is 0. The molecule has 28 heavy (non-hydrogen) atoms. The molecule has 0 saturated carbocycles. The lowest BCUT2D eigenvalue weighted by Crippen LogP contribution is -2.00. The van der Waals surface area contributed by atoms with Crippen LogP contribution in [-0.2, 0) is 5.75 Å². The van der Waals surface area contributed by atoms with Crippen LogP contribution in [0.15, 0.2) is 47.0 Å². The Morgan fingerprint density at radius 2 is 1.61 bits per heavy atom. The Morgan fingerprint density at radius 3 is 2.32 bits per heavy atom. The summed E-state index contributed by atoms with van der Waals surface area (Å²) in [5, 5.41) is 4.05. The van der Waals surface area contributed by atoms with Crippen LogP contribution in [0.4, 0.5) is 0 Å². The van der Waals surface area contributed by atoms with E-state index in [2.05, 4.69) is 10.1 Å². The first-order valence-electron chi connectivity index (χ1n) is 8.63. The van der Waals surface area contributed by atoms with Crippen LogP contribution in [0.25, 0.3) is 11.4 Å². The third kappa shape index (κ3) is 5.10. The van der Waals surface area contributed by atoms with Crippen LogP contribution in [0.1, 0.15) is 5.89 Å². The summed E-state index contributed by atoms with van der Waals surface area (Å²) in [6.45, 7) is 0.588. The highest BCUT2D eigenvalue weighted by Crippen LogP contribution is 2.31. The van der Waals surface area contributed by atoms with Gasteiger partial charge in [0.1, 0.15) is 23.0 Å². The molecule has 7 nitrogen and oxygen atoms in total. The largest absolute Gasteiger partial charge is 0.497 e. The Hall–Kier alpha value is -2.87. The summed E-state index contributed by atoms with van der Waals surface area (Å²) >= 11 is 1.66. The molecule has 148 valence electrons. The fraction of sp³-hybridized carbons (Fsp3) is 0.300. The summed E-state index contributed by atoms with van der Waals surface area (Å²) in [4.78, 5) is 4.45. The lowest BCUT2D eigenvalue weighted by molar-refractivity contribution is 0.342. The molecule has 3 rings (SSSR count). The number of nitrogens with zero attached hydrogens (tertiary/aromatic N) is 2. The molecule has 1 heterocycles. The van der Waals surface area contributed by atoms with Crippen molar-refractivity contribution in [1.82, 2.24) is 10.1 Å². The summed E-state index contributed by atoms with van der Waals surface area (Å²) in [5.41, 5.74) is 0.756. The Labute approximate surface area is 167 Å². The minimum atomic E-state index is 0.490. The van der Waals surface area contributed by atoms with Gasteiger partial charge in [0.2, 0.25) is 11.7 Å². The van der Waals surface area contributed by atoms with Crippen LogP contribution in [0.5, 0.6) is 23.0 Å². The van der Waals surface area contributed by atoms with E-state index in [9.17, 15) is 0 Å². The average molecular weight is 402 g/mol. The smallest absolute Gasteiger partial charge is 0.236 e. The van der Waals surface area contributed by atoms with Crippen molar-refractivity contribution in [3.63, 3.8) is 0 Å². The van der Waals surface area contributed by atoms with E-state index in [0.29, 0.717) is 35.6 Å². The molecule has 0 unspecified atom stereocenters. The molecular weight excluding hydrogens is 380 g/mol. The SMILES string of the molecule is COc1ccc(OCCSCc2nc(-c3ccc(OC)cc3OC)no2)cc1. The molecule has 0 spiro atoms. The predicted octanol–water partition coefficient (Wildman–Crippen LogP) is 4.07. The van der Waals surface area contributed by atoms with Gasteiger partial charge in [0, 0.05) is 11.8 Å². The number of thioether (sulfide) groups is 1. The second-order valence-electron chi connectivity index (χ2n) is 5.65. The van der Waals surface area contributed by atoms with Gasteiger partial charge < -0.3 is 23.5 Å². The van der Waals surface area contributed by atoms with Crippen molar-refractivity contribution in [3.05, 3.63) is 48.4 Å². The monoisotopic (exact) mass is 402 g/mol. The highest BCUT2D eigenvalue weighted by atomic mass is 32.2. The molecule has 0 N–H and O–H groups in total. The zero-order chi connectivity index (χ0) is 19.8. The van der Waals surface area contributed by atoms with E-state index in [1.807, 2.05) is 36.4 Å². The van der Waals surface area contributed by atoms with E-state index in [4.69, 9.17) is 23.5 Å². The summed E-state index contributed by atoms with van der Waals surface area (Å²) in [6, 6.07) is 13.0. The van der Waals surface area contributed by atoms with Gasteiger partial charge in [0.25, 0.3) is 0 Å². The second kappa shape index (κ2) is 9.89. The number of aromatic nitrogens is 2. The first-order chi connectivity index (χ1) is 13.7. The lowest BCUT2D eigenvalue weighted by Gasteiger charge is -2.07. The Morgan fingerprint density at radius 1 is 0.893 bits per heavy atom. The molecule has 3 aromatic rings. The third-order valence-electron chi connectivity index (χ3n) is 3.90. The summed E-state index contributed by atoms with van der Waals surface area (Å²) in [7, 11) is 4.84. The Balaban J connectivity index is 1.48. The zero-order valence-corrected chi connectivity index (χ0v) is 16.8. The van der Waals surface area contributed by atoms with Crippen LogP contribution < -0.4 is 18.9 Å². The first-order valence-corrected chi connectivity index (χ1v) is 9.78. The zero-order valence-electron chi connectivity index (χ0n) is 16.0. The number of rotatable bonds is 10. The molecule has 0 saturated heterocycles. The van der Waals surface area contributed by atoms with Crippen LogP contribution in [0.2, 0.25) is 0 Å². The molecular formula is C20H22N2O5S. The average Bonchev–Trinajstić information content (AvgIpc) is 3.22. The first kappa shape index (κ1) is 19.9. The quantitative estimate of drug-likeness (QED) is 0.470.